The molecule has 1 amide bonds. The molecule has 1 aliphatic carbocycles. The van der Waals surface area contributed by atoms with E-state index in [1.165, 1.54) is 32.1 Å². The van der Waals surface area contributed by atoms with Crippen LogP contribution in [0.2, 0.25) is 0 Å². The lowest BCUT2D eigenvalue weighted by atomic mass is 10.0. The monoisotopic (exact) mass is 272 g/mol. The van der Waals surface area contributed by atoms with Gasteiger partial charge < -0.3 is 4.90 Å². The van der Waals surface area contributed by atoms with E-state index in [0.29, 0.717) is 6.67 Å². The maximum atomic E-state index is 12.4. The van der Waals surface area contributed by atoms with Crippen molar-refractivity contribution < 1.29 is 4.79 Å². The molecule has 0 aromatic heterocycles. The van der Waals surface area contributed by atoms with Crippen LogP contribution in [0.25, 0.3) is 0 Å². The first-order valence-corrected chi connectivity index (χ1v) is 7.92. The number of hydrogen-bond donors (Lipinski definition) is 1. The van der Waals surface area contributed by atoms with Crippen LogP contribution in [0.4, 0.5) is 0 Å². The van der Waals surface area contributed by atoms with Crippen LogP contribution in [-0.2, 0) is 4.79 Å². The van der Waals surface area contributed by atoms with E-state index in [-0.39, 0.29) is 11.9 Å². The molecule has 0 bridgehead atoms. The number of nitrogens with one attached hydrogen (secondary N) is 1. The van der Waals surface area contributed by atoms with E-state index < -0.39 is 0 Å². The van der Waals surface area contributed by atoms with Crippen molar-refractivity contribution >= 4 is 5.91 Å². The highest BCUT2D eigenvalue weighted by Crippen LogP contribution is 2.29. The summed E-state index contributed by atoms with van der Waals surface area (Å²) in [5.74, 6) is 1.16. The van der Waals surface area contributed by atoms with E-state index in [2.05, 4.69) is 5.32 Å². The Bertz CT molecular complexity index is 440. The summed E-state index contributed by atoms with van der Waals surface area (Å²) in [5, 5.41) is 3.33. The van der Waals surface area contributed by atoms with Gasteiger partial charge in [-0.05, 0) is 24.3 Å². The van der Waals surface area contributed by atoms with Gasteiger partial charge in [-0.3, -0.25) is 10.1 Å². The van der Waals surface area contributed by atoms with Crippen molar-refractivity contribution in [1.29, 1.82) is 0 Å². The number of amides is 1. The van der Waals surface area contributed by atoms with Crippen LogP contribution in [0.5, 0.6) is 0 Å². The summed E-state index contributed by atoms with van der Waals surface area (Å²) in [6, 6.07) is 9.89. The number of carbonyl (C=O) groups is 1. The van der Waals surface area contributed by atoms with Crippen molar-refractivity contribution in [1.82, 2.24) is 10.2 Å². The first-order chi connectivity index (χ1) is 9.84. The number of benzene rings is 1. The molecular weight excluding hydrogens is 248 g/mol. The maximum Gasteiger partial charge on any atom is 0.245 e. The summed E-state index contributed by atoms with van der Waals surface area (Å²) in [6.07, 6.45) is 8.06. The van der Waals surface area contributed by atoms with Gasteiger partial charge in [-0.25, -0.2) is 0 Å². The van der Waals surface area contributed by atoms with Gasteiger partial charge in [-0.15, -0.1) is 0 Å². The molecule has 1 N–H and O–H groups in total. The zero-order chi connectivity index (χ0) is 13.8. The lowest BCUT2D eigenvalue weighted by molar-refractivity contribution is -0.129. The van der Waals surface area contributed by atoms with Crippen molar-refractivity contribution in [2.75, 3.05) is 13.2 Å². The Labute approximate surface area is 121 Å². The lowest BCUT2D eigenvalue weighted by Gasteiger charge is -2.17. The molecule has 0 spiro atoms. The molecular formula is C17H24N2O. The molecule has 1 atom stereocenters. The third-order valence-corrected chi connectivity index (χ3v) is 4.69. The minimum Gasteiger partial charge on any atom is -0.328 e. The Kier molecular flexibility index (Phi) is 4.36. The van der Waals surface area contributed by atoms with E-state index in [0.717, 1.165) is 24.4 Å². The molecule has 3 heteroatoms. The van der Waals surface area contributed by atoms with Crippen molar-refractivity contribution in [2.24, 2.45) is 5.92 Å². The van der Waals surface area contributed by atoms with Crippen LogP contribution >= 0.6 is 0 Å². The highest BCUT2D eigenvalue weighted by atomic mass is 16.2. The molecule has 1 saturated heterocycles. The quantitative estimate of drug-likeness (QED) is 0.893. The van der Waals surface area contributed by atoms with E-state index in [1.807, 2.05) is 35.2 Å². The molecule has 1 aromatic carbocycles. The van der Waals surface area contributed by atoms with Crippen LogP contribution < -0.4 is 5.32 Å². The normalized spacial score (nSPS) is 23.7. The van der Waals surface area contributed by atoms with Crippen LogP contribution in [0, 0.1) is 5.92 Å². The molecule has 1 saturated carbocycles. The summed E-state index contributed by atoms with van der Waals surface area (Å²) >= 11 is 0. The van der Waals surface area contributed by atoms with Crippen molar-refractivity contribution in [3.05, 3.63) is 35.9 Å². The van der Waals surface area contributed by atoms with Gasteiger partial charge >= 0.3 is 0 Å². The first kappa shape index (κ1) is 13.6. The summed E-state index contributed by atoms with van der Waals surface area (Å²) in [7, 11) is 0. The van der Waals surface area contributed by atoms with Crippen molar-refractivity contribution in [3.8, 4) is 0 Å². The first-order valence-electron chi connectivity index (χ1n) is 7.92. The van der Waals surface area contributed by atoms with E-state index in [1.54, 1.807) is 0 Å². The molecule has 1 aromatic rings. The Morgan fingerprint density at radius 3 is 2.65 bits per heavy atom. The predicted octanol–water partition coefficient (Wildman–Crippen LogP) is 3.09. The molecule has 0 radical (unpaired) electrons. The van der Waals surface area contributed by atoms with Gasteiger partial charge in [0.1, 0.15) is 6.04 Å². The molecule has 3 nitrogen and oxygen atoms in total. The maximum absolute atomic E-state index is 12.4. The predicted molar refractivity (Wildman–Crippen MR) is 80.1 cm³/mol. The topological polar surface area (TPSA) is 32.3 Å². The minimum absolute atomic E-state index is 0.136. The summed E-state index contributed by atoms with van der Waals surface area (Å²) in [5.41, 5.74) is 1.08. The van der Waals surface area contributed by atoms with Gasteiger partial charge in [-0.1, -0.05) is 56.0 Å². The van der Waals surface area contributed by atoms with Gasteiger partial charge in [0, 0.05) is 6.54 Å². The number of hydrogen-bond acceptors (Lipinski definition) is 2. The standard InChI is InChI=1S/C17H24N2O/c20-17-16(15-10-2-1-3-11-15)18-13-19(17)12-6-9-14-7-4-5-8-14/h1-3,10-11,14,16,18H,4-9,12-13H2. The van der Waals surface area contributed by atoms with Gasteiger partial charge in [0.25, 0.3) is 0 Å². The Morgan fingerprint density at radius 2 is 1.90 bits per heavy atom. The summed E-state index contributed by atoms with van der Waals surface area (Å²) < 4.78 is 0. The van der Waals surface area contributed by atoms with Gasteiger partial charge in [0.15, 0.2) is 0 Å². The fourth-order valence-electron chi connectivity index (χ4n) is 3.51. The van der Waals surface area contributed by atoms with Crippen LogP contribution in [0.1, 0.15) is 50.1 Å². The fraction of sp³-hybridized carbons (Fsp3) is 0.588. The largest absolute Gasteiger partial charge is 0.328 e. The smallest absolute Gasteiger partial charge is 0.245 e. The average Bonchev–Trinajstić information content (AvgIpc) is 3.11. The highest BCUT2D eigenvalue weighted by Gasteiger charge is 2.31. The zero-order valence-corrected chi connectivity index (χ0v) is 12.1. The Morgan fingerprint density at radius 1 is 1.15 bits per heavy atom. The third-order valence-electron chi connectivity index (χ3n) is 4.69. The van der Waals surface area contributed by atoms with E-state index >= 15 is 0 Å². The number of nitrogens with zero attached hydrogens (tertiary/aromatic N) is 1. The van der Waals surface area contributed by atoms with Crippen molar-refractivity contribution in [2.45, 2.75) is 44.6 Å². The van der Waals surface area contributed by atoms with Crippen molar-refractivity contribution in [3.63, 3.8) is 0 Å². The van der Waals surface area contributed by atoms with E-state index in [4.69, 9.17) is 0 Å². The van der Waals surface area contributed by atoms with Gasteiger partial charge in [-0.2, -0.15) is 0 Å². The lowest BCUT2D eigenvalue weighted by Crippen LogP contribution is -2.28. The van der Waals surface area contributed by atoms with Crippen LogP contribution in [0.3, 0.4) is 0 Å². The summed E-state index contributed by atoms with van der Waals surface area (Å²) in [6.45, 7) is 1.61. The molecule has 1 aliphatic heterocycles. The molecule has 3 rings (SSSR count). The molecule has 1 heterocycles. The van der Waals surface area contributed by atoms with E-state index in [9.17, 15) is 4.79 Å². The summed E-state index contributed by atoms with van der Waals surface area (Å²) in [4.78, 5) is 14.4. The second-order valence-corrected chi connectivity index (χ2v) is 6.10. The number of carbonyl (C=O) groups excluding carboxylic acids is 1. The van der Waals surface area contributed by atoms with Gasteiger partial charge in [0.2, 0.25) is 5.91 Å². The molecule has 1 unspecified atom stereocenters. The Hall–Kier alpha value is -1.35. The second kappa shape index (κ2) is 6.40. The fourth-order valence-corrected chi connectivity index (χ4v) is 3.51. The Balaban J connectivity index is 1.48. The van der Waals surface area contributed by atoms with Gasteiger partial charge in [0.05, 0.1) is 6.67 Å². The second-order valence-electron chi connectivity index (χ2n) is 6.10. The van der Waals surface area contributed by atoms with Crippen LogP contribution in [-0.4, -0.2) is 24.0 Å². The SMILES string of the molecule is O=C1C(c2ccccc2)NCN1CCCC1CCCC1. The van der Waals surface area contributed by atoms with Crippen LogP contribution in [0.15, 0.2) is 30.3 Å². The number of rotatable bonds is 5. The third kappa shape index (κ3) is 3.04. The molecule has 20 heavy (non-hydrogen) atoms. The molecule has 108 valence electrons. The average molecular weight is 272 g/mol. The molecule has 2 aliphatic rings. The minimum atomic E-state index is -0.136. The zero-order valence-electron chi connectivity index (χ0n) is 12.1. The highest BCUT2D eigenvalue weighted by molar-refractivity contribution is 5.85. The molecule has 2 fully saturated rings.